The number of amides is 3. The maximum Gasteiger partial charge on any atom is 0.252 e. The van der Waals surface area contributed by atoms with Crippen molar-refractivity contribution in [3.8, 4) is 11.4 Å². The summed E-state index contributed by atoms with van der Waals surface area (Å²) in [4.78, 5) is 56.9. The Labute approximate surface area is 220 Å². The molecule has 4 heterocycles. The number of allylic oxidation sites excluding steroid dienone is 1. The highest BCUT2D eigenvalue weighted by Gasteiger charge is 2.35. The van der Waals surface area contributed by atoms with Crippen LogP contribution >= 0.6 is 0 Å². The number of hydrogen-bond acceptors (Lipinski definition) is 9. The van der Waals surface area contributed by atoms with E-state index >= 15 is 0 Å². The van der Waals surface area contributed by atoms with E-state index in [1.54, 1.807) is 4.90 Å². The molecule has 38 heavy (non-hydrogen) atoms. The topological polar surface area (TPSA) is 138 Å². The fourth-order valence-corrected chi connectivity index (χ4v) is 5.51. The van der Waals surface area contributed by atoms with E-state index in [0.717, 1.165) is 31.5 Å². The molecule has 2 fully saturated rings. The fourth-order valence-electron chi connectivity index (χ4n) is 5.51. The standard InChI is InChI=1S/C27H32N6O5/c1-32(21-7-8-23(35)29-26(21)36)27(37)20-6-3-13-33(22(20)16-34)15-24-30-25(31-38-24)19-5-2-4-18(14-19)17-9-11-28-12-10-17/h2,4-5,14,16-17,21,28H,3,6-13,15H2,1H3,(H,29,35,36). The average molecular weight is 521 g/mol. The normalized spacial score (nSPS) is 20.9. The SMILES string of the molecule is CN(C(=O)C1=C(C=O)N(Cc2nc(-c3cccc(C4CCNCC4)c3)no2)CCC1)C1CCC(=O)NC1=O. The Morgan fingerprint density at radius 1 is 1.21 bits per heavy atom. The van der Waals surface area contributed by atoms with E-state index in [2.05, 4.69) is 32.9 Å². The molecule has 0 radical (unpaired) electrons. The zero-order chi connectivity index (χ0) is 26.6. The van der Waals surface area contributed by atoms with E-state index in [9.17, 15) is 19.2 Å². The van der Waals surface area contributed by atoms with Gasteiger partial charge in [0, 0.05) is 31.1 Å². The highest BCUT2D eigenvalue weighted by atomic mass is 16.5. The quantitative estimate of drug-likeness (QED) is 0.411. The van der Waals surface area contributed by atoms with E-state index in [4.69, 9.17) is 4.52 Å². The number of aldehydes is 1. The molecule has 2 saturated heterocycles. The van der Waals surface area contributed by atoms with E-state index in [-0.39, 0.29) is 31.0 Å². The minimum absolute atomic E-state index is 0.167. The molecular weight excluding hydrogens is 488 g/mol. The van der Waals surface area contributed by atoms with Crippen LogP contribution in [0.3, 0.4) is 0 Å². The lowest BCUT2D eigenvalue weighted by molar-refractivity contribution is -0.143. The van der Waals surface area contributed by atoms with Crippen molar-refractivity contribution in [3.63, 3.8) is 0 Å². The molecule has 1 unspecified atom stereocenters. The van der Waals surface area contributed by atoms with Crippen molar-refractivity contribution in [1.82, 2.24) is 30.6 Å². The van der Waals surface area contributed by atoms with Gasteiger partial charge < -0.3 is 19.6 Å². The zero-order valence-corrected chi connectivity index (χ0v) is 21.4. The number of nitrogens with zero attached hydrogens (tertiary/aromatic N) is 4. The molecule has 2 aromatic rings. The predicted molar refractivity (Wildman–Crippen MR) is 136 cm³/mol. The maximum atomic E-state index is 13.3. The Balaban J connectivity index is 1.31. The molecule has 5 rings (SSSR count). The van der Waals surface area contributed by atoms with Crippen LogP contribution in [0.25, 0.3) is 11.4 Å². The first-order valence-corrected chi connectivity index (χ1v) is 13.1. The summed E-state index contributed by atoms with van der Waals surface area (Å²) in [7, 11) is 1.53. The van der Waals surface area contributed by atoms with Gasteiger partial charge in [0.15, 0.2) is 6.29 Å². The summed E-state index contributed by atoms with van der Waals surface area (Å²) in [6, 6.07) is 7.47. The van der Waals surface area contributed by atoms with Gasteiger partial charge in [-0.15, -0.1) is 0 Å². The second-order valence-electron chi connectivity index (χ2n) is 10.1. The number of carbonyl (C=O) groups is 4. The molecule has 200 valence electrons. The summed E-state index contributed by atoms with van der Waals surface area (Å²) in [5.41, 5.74) is 2.74. The van der Waals surface area contributed by atoms with Gasteiger partial charge in [0.25, 0.3) is 5.91 Å². The Morgan fingerprint density at radius 3 is 2.79 bits per heavy atom. The number of nitrogens with one attached hydrogen (secondary N) is 2. The predicted octanol–water partition coefficient (Wildman–Crippen LogP) is 1.52. The third-order valence-electron chi connectivity index (χ3n) is 7.62. The lowest BCUT2D eigenvalue weighted by Crippen LogP contribution is -2.53. The van der Waals surface area contributed by atoms with Crippen molar-refractivity contribution >= 4 is 24.0 Å². The molecule has 11 nitrogen and oxygen atoms in total. The van der Waals surface area contributed by atoms with Gasteiger partial charge in [-0.3, -0.25) is 24.5 Å². The Hall–Kier alpha value is -3.86. The molecule has 0 aliphatic carbocycles. The van der Waals surface area contributed by atoms with E-state index < -0.39 is 17.9 Å². The smallest absolute Gasteiger partial charge is 0.252 e. The van der Waals surface area contributed by atoms with Crippen LogP contribution in [0, 0.1) is 0 Å². The van der Waals surface area contributed by atoms with E-state index in [1.165, 1.54) is 17.5 Å². The lowest BCUT2D eigenvalue weighted by atomic mass is 9.89. The van der Waals surface area contributed by atoms with Crippen LogP contribution in [0.1, 0.15) is 55.9 Å². The minimum atomic E-state index is -0.755. The van der Waals surface area contributed by atoms with Crippen LogP contribution < -0.4 is 10.6 Å². The van der Waals surface area contributed by atoms with Crippen LogP contribution in [0.15, 0.2) is 40.1 Å². The summed E-state index contributed by atoms with van der Waals surface area (Å²) in [5, 5.41) is 9.84. The summed E-state index contributed by atoms with van der Waals surface area (Å²) in [5.74, 6) is 0.0937. The summed E-state index contributed by atoms with van der Waals surface area (Å²) < 4.78 is 5.53. The average Bonchev–Trinajstić information content (AvgIpc) is 3.41. The molecule has 3 amide bonds. The van der Waals surface area contributed by atoms with Crippen molar-refractivity contribution in [2.45, 2.75) is 57.0 Å². The van der Waals surface area contributed by atoms with Crippen molar-refractivity contribution in [2.24, 2.45) is 0 Å². The van der Waals surface area contributed by atoms with Gasteiger partial charge in [-0.05, 0) is 62.7 Å². The first-order chi connectivity index (χ1) is 18.4. The summed E-state index contributed by atoms with van der Waals surface area (Å²) >= 11 is 0. The number of piperidine rings is 2. The van der Waals surface area contributed by atoms with Crippen LogP contribution in [-0.2, 0) is 25.7 Å². The number of likely N-dealkylation sites (N-methyl/N-ethyl adjacent to an activating group) is 1. The molecule has 2 N–H and O–H groups in total. The van der Waals surface area contributed by atoms with Gasteiger partial charge in [0.05, 0.1) is 12.2 Å². The number of carbonyl (C=O) groups excluding carboxylic acids is 4. The Bertz CT molecular complexity index is 1260. The Morgan fingerprint density at radius 2 is 2.03 bits per heavy atom. The Kier molecular flexibility index (Phi) is 7.64. The van der Waals surface area contributed by atoms with Crippen LogP contribution in [0.4, 0.5) is 0 Å². The molecule has 0 saturated carbocycles. The van der Waals surface area contributed by atoms with Crippen molar-refractivity contribution in [2.75, 3.05) is 26.7 Å². The maximum absolute atomic E-state index is 13.3. The summed E-state index contributed by atoms with van der Waals surface area (Å²) in [6.07, 6.45) is 4.35. The fraction of sp³-hybridized carbons (Fsp3) is 0.481. The van der Waals surface area contributed by atoms with Crippen LogP contribution in [-0.4, -0.2) is 76.7 Å². The zero-order valence-electron chi connectivity index (χ0n) is 21.4. The third-order valence-corrected chi connectivity index (χ3v) is 7.62. The van der Waals surface area contributed by atoms with Crippen LogP contribution in [0.5, 0.6) is 0 Å². The highest BCUT2D eigenvalue weighted by molar-refractivity contribution is 6.04. The largest absolute Gasteiger partial charge is 0.359 e. The highest BCUT2D eigenvalue weighted by Crippen LogP contribution is 2.29. The molecule has 3 aliphatic rings. The second-order valence-corrected chi connectivity index (χ2v) is 10.1. The second kappa shape index (κ2) is 11.3. The third kappa shape index (κ3) is 5.38. The number of imide groups is 1. The molecular formula is C27H32N6O5. The van der Waals surface area contributed by atoms with E-state index in [1.807, 2.05) is 12.1 Å². The number of aromatic nitrogens is 2. The van der Waals surface area contributed by atoms with Crippen molar-refractivity contribution in [1.29, 1.82) is 0 Å². The van der Waals surface area contributed by atoms with Gasteiger partial charge >= 0.3 is 0 Å². The van der Waals surface area contributed by atoms with Gasteiger partial charge in [-0.25, -0.2) is 0 Å². The number of rotatable bonds is 7. The molecule has 3 aliphatic heterocycles. The molecule has 1 aromatic carbocycles. The van der Waals surface area contributed by atoms with Gasteiger partial charge in [-0.2, -0.15) is 4.98 Å². The van der Waals surface area contributed by atoms with E-state index in [0.29, 0.717) is 48.9 Å². The molecule has 0 bridgehead atoms. The molecule has 11 heteroatoms. The van der Waals surface area contributed by atoms with Crippen molar-refractivity contribution < 1.29 is 23.7 Å². The van der Waals surface area contributed by atoms with Gasteiger partial charge in [-0.1, -0.05) is 23.4 Å². The molecule has 1 aromatic heterocycles. The minimum Gasteiger partial charge on any atom is -0.359 e. The molecule has 1 atom stereocenters. The molecule has 0 spiro atoms. The van der Waals surface area contributed by atoms with Crippen molar-refractivity contribution in [3.05, 3.63) is 47.0 Å². The monoisotopic (exact) mass is 520 g/mol. The first-order valence-electron chi connectivity index (χ1n) is 13.1. The van der Waals surface area contributed by atoms with Gasteiger partial charge in [0.1, 0.15) is 6.04 Å². The lowest BCUT2D eigenvalue weighted by Gasteiger charge is -2.34. The summed E-state index contributed by atoms with van der Waals surface area (Å²) in [6.45, 7) is 2.76. The van der Waals surface area contributed by atoms with Gasteiger partial charge in [0.2, 0.25) is 23.5 Å². The first kappa shape index (κ1) is 25.8. The van der Waals surface area contributed by atoms with Crippen LogP contribution in [0.2, 0.25) is 0 Å². The number of benzene rings is 1. The number of hydrogen-bond donors (Lipinski definition) is 2.